The first-order chi connectivity index (χ1) is 6.17. The van der Waals surface area contributed by atoms with Gasteiger partial charge in [0.05, 0.1) is 0 Å². The third kappa shape index (κ3) is 2.07. The van der Waals surface area contributed by atoms with Crippen LogP contribution in [0.1, 0.15) is 46.0 Å². The Balaban J connectivity index is 1.87. The molecule has 13 heavy (non-hydrogen) atoms. The van der Waals surface area contributed by atoms with Crippen LogP contribution in [-0.2, 0) is 0 Å². The molecule has 0 bridgehead atoms. The molecule has 0 unspecified atom stereocenters. The Kier molecular flexibility index (Phi) is 2.35. The van der Waals surface area contributed by atoms with E-state index in [0.717, 1.165) is 6.04 Å². The number of rotatable bonds is 1. The average molecular weight is 179 g/mol. The fraction of sp³-hybridized carbons (Fsp3) is 0.833. The van der Waals surface area contributed by atoms with E-state index in [0.29, 0.717) is 5.41 Å². The molecule has 1 nitrogen and oxygen atoms in total. The zero-order valence-corrected chi connectivity index (χ0v) is 8.92. The van der Waals surface area contributed by atoms with Crippen LogP contribution in [0.4, 0.5) is 0 Å². The van der Waals surface area contributed by atoms with Crippen LogP contribution < -0.4 is 0 Å². The first kappa shape index (κ1) is 9.11. The fourth-order valence-electron chi connectivity index (χ4n) is 2.53. The van der Waals surface area contributed by atoms with E-state index in [1.807, 2.05) is 0 Å². The number of nitrogens with zero attached hydrogens (tertiary/aromatic N) is 1. The minimum atomic E-state index is 0.611. The van der Waals surface area contributed by atoms with Crippen molar-refractivity contribution in [3.63, 3.8) is 0 Å². The molecule has 0 N–H and O–H groups in total. The molecular weight excluding hydrogens is 158 g/mol. The lowest BCUT2D eigenvalue weighted by atomic mass is 9.75. The zero-order chi connectivity index (χ0) is 9.31. The van der Waals surface area contributed by atoms with Crippen molar-refractivity contribution in [3.8, 4) is 0 Å². The highest BCUT2D eigenvalue weighted by atomic mass is 15.1. The van der Waals surface area contributed by atoms with Crippen molar-refractivity contribution in [2.24, 2.45) is 5.41 Å². The van der Waals surface area contributed by atoms with Gasteiger partial charge in [0.2, 0.25) is 0 Å². The van der Waals surface area contributed by atoms with Gasteiger partial charge < -0.3 is 4.90 Å². The summed E-state index contributed by atoms with van der Waals surface area (Å²) in [5.41, 5.74) is 0.611. The highest BCUT2D eigenvalue weighted by molar-refractivity contribution is 4.96. The molecule has 1 heteroatoms. The van der Waals surface area contributed by atoms with Crippen molar-refractivity contribution in [2.75, 3.05) is 6.54 Å². The molecule has 1 heterocycles. The summed E-state index contributed by atoms with van der Waals surface area (Å²) in [6.45, 7) is 6.08. The second-order valence-electron chi connectivity index (χ2n) is 5.31. The Morgan fingerprint density at radius 2 is 1.92 bits per heavy atom. The lowest BCUT2D eigenvalue weighted by molar-refractivity contribution is 0.148. The molecule has 1 aliphatic carbocycles. The molecule has 2 rings (SSSR count). The summed E-state index contributed by atoms with van der Waals surface area (Å²) >= 11 is 0. The van der Waals surface area contributed by atoms with Crippen LogP contribution in [0.2, 0.25) is 0 Å². The van der Waals surface area contributed by atoms with E-state index >= 15 is 0 Å². The third-order valence-corrected chi connectivity index (χ3v) is 3.63. The second kappa shape index (κ2) is 3.36. The standard InChI is InChI=1S/C12H21N/c1-12(2)7-5-11(6-8-12)13-9-3-4-10-13/h3,9,11H,4-8,10H2,1-2H3. The molecule has 0 radical (unpaired) electrons. The molecule has 0 saturated heterocycles. The summed E-state index contributed by atoms with van der Waals surface area (Å²) in [4.78, 5) is 2.55. The largest absolute Gasteiger partial charge is 0.374 e. The van der Waals surface area contributed by atoms with Crippen molar-refractivity contribution >= 4 is 0 Å². The molecule has 0 spiro atoms. The summed E-state index contributed by atoms with van der Waals surface area (Å²) < 4.78 is 0. The van der Waals surface area contributed by atoms with Gasteiger partial charge in [-0.3, -0.25) is 0 Å². The van der Waals surface area contributed by atoms with E-state index in [-0.39, 0.29) is 0 Å². The van der Waals surface area contributed by atoms with Crippen LogP contribution in [0.5, 0.6) is 0 Å². The Labute approximate surface area is 81.8 Å². The monoisotopic (exact) mass is 179 g/mol. The maximum atomic E-state index is 2.55. The molecule has 0 aromatic rings. The molecule has 0 amide bonds. The zero-order valence-electron chi connectivity index (χ0n) is 8.92. The first-order valence-corrected chi connectivity index (χ1v) is 5.60. The Morgan fingerprint density at radius 3 is 2.46 bits per heavy atom. The van der Waals surface area contributed by atoms with Crippen molar-refractivity contribution in [3.05, 3.63) is 12.3 Å². The van der Waals surface area contributed by atoms with E-state index in [9.17, 15) is 0 Å². The Morgan fingerprint density at radius 1 is 1.23 bits per heavy atom. The molecule has 1 saturated carbocycles. The predicted octanol–water partition coefficient (Wildman–Crippen LogP) is 3.17. The van der Waals surface area contributed by atoms with Gasteiger partial charge in [-0.15, -0.1) is 0 Å². The van der Waals surface area contributed by atoms with Gasteiger partial charge in [0, 0.05) is 12.6 Å². The van der Waals surface area contributed by atoms with Gasteiger partial charge in [-0.25, -0.2) is 0 Å². The smallest absolute Gasteiger partial charge is 0.0284 e. The van der Waals surface area contributed by atoms with Crippen molar-refractivity contribution < 1.29 is 0 Å². The van der Waals surface area contributed by atoms with Gasteiger partial charge in [-0.2, -0.15) is 0 Å². The van der Waals surface area contributed by atoms with Crippen LogP contribution in [0.3, 0.4) is 0 Å². The summed E-state index contributed by atoms with van der Waals surface area (Å²) in [6.07, 6.45) is 11.5. The average Bonchev–Trinajstić information content (AvgIpc) is 2.56. The highest BCUT2D eigenvalue weighted by Gasteiger charge is 2.29. The molecule has 1 aliphatic heterocycles. The van der Waals surface area contributed by atoms with Gasteiger partial charge in [0.15, 0.2) is 0 Å². The first-order valence-electron chi connectivity index (χ1n) is 5.60. The van der Waals surface area contributed by atoms with Crippen molar-refractivity contribution in [2.45, 2.75) is 52.0 Å². The summed E-state index contributed by atoms with van der Waals surface area (Å²) in [5.74, 6) is 0. The summed E-state index contributed by atoms with van der Waals surface area (Å²) in [5, 5.41) is 0. The van der Waals surface area contributed by atoms with Crippen LogP contribution in [0.15, 0.2) is 12.3 Å². The minimum Gasteiger partial charge on any atom is -0.374 e. The lowest BCUT2D eigenvalue weighted by Gasteiger charge is -2.38. The van der Waals surface area contributed by atoms with E-state index < -0.39 is 0 Å². The minimum absolute atomic E-state index is 0.611. The number of hydrogen-bond donors (Lipinski definition) is 0. The quantitative estimate of drug-likeness (QED) is 0.597. The van der Waals surface area contributed by atoms with Gasteiger partial charge in [-0.1, -0.05) is 19.9 Å². The molecule has 2 aliphatic rings. The fourth-order valence-corrected chi connectivity index (χ4v) is 2.53. The SMILES string of the molecule is CC1(C)CCC(N2C=CCC2)CC1. The van der Waals surface area contributed by atoms with E-state index in [4.69, 9.17) is 0 Å². The molecule has 0 atom stereocenters. The van der Waals surface area contributed by atoms with Crippen LogP contribution in [0, 0.1) is 5.41 Å². The van der Waals surface area contributed by atoms with E-state index in [1.54, 1.807) is 0 Å². The topological polar surface area (TPSA) is 3.24 Å². The Hall–Kier alpha value is -0.460. The van der Waals surface area contributed by atoms with Gasteiger partial charge in [-0.05, 0) is 43.7 Å². The molecule has 0 aromatic carbocycles. The van der Waals surface area contributed by atoms with E-state index in [2.05, 4.69) is 31.0 Å². The molecule has 74 valence electrons. The normalized spacial score (nSPS) is 28.3. The van der Waals surface area contributed by atoms with Gasteiger partial charge in [0.1, 0.15) is 0 Å². The van der Waals surface area contributed by atoms with E-state index in [1.165, 1.54) is 38.6 Å². The second-order valence-corrected chi connectivity index (χ2v) is 5.31. The van der Waals surface area contributed by atoms with Gasteiger partial charge >= 0.3 is 0 Å². The van der Waals surface area contributed by atoms with Crippen LogP contribution >= 0.6 is 0 Å². The van der Waals surface area contributed by atoms with Crippen LogP contribution in [-0.4, -0.2) is 17.5 Å². The maximum Gasteiger partial charge on any atom is 0.0284 e. The number of hydrogen-bond acceptors (Lipinski definition) is 1. The molecular formula is C12H21N. The molecule has 0 aromatic heterocycles. The lowest BCUT2D eigenvalue weighted by Crippen LogP contribution is -2.35. The highest BCUT2D eigenvalue weighted by Crippen LogP contribution is 2.37. The van der Waals surface area contributed by atoms with Crippen molar-refractivity contribution in [1.29, 1.82) is 0 Å². The summed E-state index contributed by atoms with van der Waals surface area (Å²) in [7, 11) is 0. The van der Waals surface area contributed by atoms with Crippen molar-refractivity contribution in [1.82, 2.24) is 4.90 Å². The van der Waals surface area contributed by atoms with Crippen LogP contribution in [0.25, 0.3) is 0 Å². The maximum absolute atomic E-state index is 2.55. The summed E-state index contributed by atoms with van der Waals surface area (Å²) in [6, 6.07) is 0.853. The molecule has 1 fully saturated rings. The Bertz CT molecular complexity index is 195. The third-order valence-electron chi connectivity index (χ3n) is 3.63. The predicted molar refractivity (Wildman–Crippen MR) is 56.5 cm³/mol. The van der Waals surface area contributed by atoms with Gasteiger partial charge in [0.25, 0.3) is 0 Å².